The topological polar surface area (TPSA) is 81.4 Å². The summed E-state index contributed by atoms with van der Waals surface area (Å²) < 4.78 is 43.0. The summed E-state index contributed by atoms with van der Waals surface area (Å²) >= 11 is 5.99. The normalized spacial score (nSPS) is 15.1. The molecule has 1 amide bonds. The molecule has 0 spiro atoms. The number of hydrogen-bond acceptors (Lipinski definition) is 4. The summed E-state index contributed by atoms with van der Waals surface area (Å²) in [7, 11) is 0. The van der Waals surface area contributed by atoms with E-state index in [2.05, 4.69) is 5.32 Å². The number of carbonyl (C=O) groups excluding carboxylic acids is 2. The Morgan fingerprint density at radius 1 is 1.31 bits per heavy atom. The van der Waals surface area contributed by atoms with E-state index in [1.807, 2.05) is 0 Å². The van der Waals surface area contributed by atoms with Gasteiger partial charge in [-0.25, -0.2) is 0 Å². The fourth-order valence-electron chi connectivity index (χ4n) is 2.16. The highest BCUT2D eigenvalue weighted by molar-refractivity contribution is 6.33. The highest BCUT2D eigenvalue weighted by Gasteiger charge is 2.42. The molecule has 0 heterocycles. The third kappa shape index (κ3) is 6.17. The molecule has 3 N–H and O–H groups in total. The summed E-state index contributed by atoms with van der Waals surface area (Å²) in [6.07, 6.45) is -4.26. The molecular weight excluding hydrogens is 373 g/mol. The number of hydrogen-bond donors (Lipinski definition) is 2. The van der Waals surface area contributed by atoms with E-state index >= 15 is 0 Å². The second-order valence-electron chi connectivity index (χ2n) is 6.02. The van der Waals surface area contributed by atoms with E-state index in [9.17, 15) is 22.8 Å². The van der Waals surface area contributed by atoms with Gasteiger partial charge in [0.05, 0.1) is 35.2 Å². The fourth-order valence-corrected chi connectivity index (χ4v) is 2.33. The van der Waals surface area contributed by atoms with Crippen LogP contribution in [0.1, 0.15) is 26.3 Å². The van der Waals surface area contributed by atoms with Crippen molar-refractivity contribution in [1.29, 1.82) is 0 Å². The van der Waals surface area contributed by atoms with Gasteiger partial charge in [-0.05, 0) is 31.0 Å². The lowest BCUT2D eigenvalue weighted by Gasteiger charge is -2.22. The summed E-state index contributed by atoms with van der Waals surface area (Å²) in [5.41, 5.74) is 6.20. The maximum atomic E-state index is 12.7. The lowest BCUT2D eigenvalue weighted by Crippen LogP contribution is -2.46. The molecule has 3 atom stereocenters. The minimum atomic E-state index is -4.59. The Labute approximate surface area is 155 Å². The van der Waals surface area contributed by atoms with Crippen molar-refractivity contribution in [1.82, 2.24) is 0 Å². The monoisotopic (exact) mass is 394 g/mol. The average Bonchev–Trinajstić information content (AvgIpc) is 2.55. The van der Waals surface area contributed by atoms with Gasteiger partial charge in [0.15, 0.2) is 0 Å². The first-order valence-corrected chi connectivity index (χ1v) is 8.43. The summed E-state index contributed by atoms with van der Waals surface area (Å²) in [5, 5.41) is 2.47. The number of nitrogens with two attached hydrogens (primary N) is 1. The standard InChI is InChI=1S/C17H22ClF3N2O3/c1-4-26-16(25)9(2)7-11-5-6-12(18)13(8-11)23-15(24)14(22)10(3)17(19,20)21/h5-6,8-10,14H,4,7,22H2,1-3H3,(H,23,24)/t9-,10+,14+/m0/s1. The van der Waals surface area contributed by atoms with Crippen LogP contribution in [-0.4, -0.2) is 30.7 Å². The molecule has 0 aliphatic rings. The van der Waals surface area contributed by atoms with Crippen LogP contribution in [0.15, 0.2) is 18.2 Å². The molecule has 0 saturated carbocycles. The Bertz CT molecular complexity index is 653. The van der Waals surface area contributed by atoms with Gasteiger partial charge in [-0.1, -0.05) is 31.5 Å². The Balaban J connectivity index is 2.87. The van der Waals surface area contributed by atoms with Crippen molar-refractivity contribution in [3.8, 4) is 0 Å². The van der Waals surface area contributed by atoms with Crippen LogP contribution in [-0.2, 0) is 20.7 Å². The number of esters is 1. The predicted molar refractivity (Wildman–Crippen MR) is 92.8 cm³/mol. The van der Waals surface area contributed by atoms with E-state index in [-0.39, 0.29) is 23.3 Å². The first kappa shape index (κ1) is 22.2. The number of alkyl halides is 3. The zero-order chi connectivity index (χ0) is 20.1. The molecule has 146 valence electrons. The highest BCUT2D eigenvalue weighted by Crippen LogP contribution is 2.29. The molecular formula is C17H22ClF3N2O3. The lowest BCUT2D eigenvalue weighted by molar-refractivity contribution is -0.176. The summed E-state index contributed by atoms with van der Waals surface area (Å²) in [4.78, 5) is 23.7. The number of carbonyl (C=O) groups is 2. The zero-order valence-electron chi connectivity index (χ0n) is 14.7. The molecule has 0 aromatic heterocycles. The lowest BCUT2D eigenvalue weighted by atomic mass is 10.00. The van der Waals surface area contributed by atoms with Crippen LogP contribution < -0.4 is 11.1 Å². The number of amides is 1. The number of benzene rings is 1. The van der Waals surface area contributed by atoms with Crippen molar-refractivity contribution in [3.63, 3.8) is 0 Å². The minimum absolute atomic E-state index is 0.134. The second-order valence-corrected chi connectivity index (χ2v) is 6.42. The van der Waals surface area contributed by atoms with Crippen molar-refractivity contribution in [3.05, 3.63) is 28.8 Å². The van der Waals surface area contributed by atoms with Crippen LogP contribution in [0.3, 0.4) is 0 Å². The average molecular weight is 395 g/mol. The Kier molecular flexibility index (Phi) is 7.89. The highest BCUT2D eigenvalue weighted by atomic mass is 35.5. The van der Waals surface area contributed by atoms with Crippen molar-refractivity contribution >= 4 is 29.2 Å². The van der Waals surface area contributed by atoms with Crippen LogP contribution in [0.2, 0.25) is 5.02 Å². The maximum absolute atomic E-state index is 12.7. The van der Waals surface area contributed by atoms with Gasteiger partial charge in [0, 0.05) is 0 Å². The fraction of sp³-hybridized carbons (Fsp3) is 0.529. The van der Waals surface area contributed by atoms with Gasteiger partial charge < -0.3 is 15.8 Å². The van der Waals surface area contributed by atoms with Gasteiger partial charge in [0.1, 0.15) is 0 Å². The Morgan fingerprint density at radius 3 is 2.46 bits per heavy atom. The first-order valence-electron chi connectivity index (χ1n) is 8.05. The smallest absolute Gasteiger partial charge is 0.393 e. The van der Waals surface area contributed by atoms with E-state index < -0.39 is 30.0 Å². The SMILES string of the molecule is CCOC(=O)[C@@H](C)Cc1ccc(Cl)c(NC(=O)[C@H](N)[C@@H](C)C(F)(F)F)c1. The van der Waals surface area contributed by atoms with Gasteiger partial charge in [-0.2, -0.15) is 13.2 Å². The molecule has 1 aromatic carbocycles. The van der Waals surface area contributed by atoms with Crippen LogP contribution >= 0.6 is 11.6 Å². The first-order chi connectivity index (χ1) is 12.0. The molecule has 0 saturated heterocycles. The molecule has 26 heavy (non-hydrogen) atoms. The van der Waals surface area contributed by atoms with Gasteiger partial charge in [-0.15, -0.1) is 0 Å². The molecule has 1 aromatic rings. The van der Waals surface area contributed by atoms with Crippen LogP contribution in [0.4, 0.5) is 18.9 Å². The van der Waals surface area contributed by atoms with Gasteiger partial charge in [-0.3, -0.25) is 9.59 Å². The third-order valence-electron chi connectivity index (χ3n) is 3.88. The van der Waals surface area contributed by atoms with Gasteiger partial charge in [0.2, 0.25) is 5.91 Å². The molecule has 0 bridgehead atoms. The number of anilines is 1. The van der Waals surface area contributed by atoms with Crippen molar-refractivity contribution in [2.24, 2.45) is 17.6 Å². The number of halogens is 4. The number of rotatable bonds is 7. The number of nitrogens with one attached hydrogen (secondary N) is 1. The molecule has 0 radical (unpaired) electrons. The van der Waals surface area contributed by atoms with Crippen LogP contribution in [0.5, 0.6) is 0 Å². The summed E-state index contributed by atoms with van der Waals surface area (Å²) in [6, 6.07) is 2.88. The molecule has 9 heteroatoms. The molecule has 0 fully saturated rings. The third-order valence-corrected chi connectivity index (χ3v) is 4.21. The van der Waals surface area contributed by atoms with Gasteiger partial charge >= 0.3 is 12.1 Å². The molecule has 1 rings (SSSR count). The molecule has 0 unspecified atom stereocenters. The van der Waals surface area contributed by atoms with E-state index in [0.29, 0.717) is 12.0 Å². The number of ether oxygens (including phenoxy) is 1. The summed E-state index contributed by atoms with van der Waals surface area (Å²) in [5.74, 6) is -3.79. The van der Waals surface area contributed by atoms with E-state index in [1.165, 1.54) is 12.1 Å². The van der Waals surface area contributed by atoms with E-state index in [4.69, 9.17) is 22.1 Å². The molecule has 0 aliphatic heterocycles. The zero-order valence-corrected chi connectivity index (χ0v) is 15.4. The maximum Gasteiger partial charge on any atom is 0.393 e. The Morgan fingerprint density at radius 2 is 1.92 bits per heavy atom. The van der Waals surface area contributed by atoms with Crippen LogP contribution in [0, 0.1) is 11.8 Å². The largest absolute Gasteiger partial charge is 0.466 e. The van der Waals surface area contributed by atoms with Gasteiger partial charge in [0.25, 0.3) is 0 Å². The quantitative estimate of drug-likeness (QED) is 0.693. The van der Waals surface area contributed by atoms with Crippen LogP contribution in [0.25, 0.3) is 0 Å². The minimum Gasteiger partial charge on any atom is -0.466 e. The summed E-state index contributed by atoms with van der Waals surface area (Å²) in [6.45, 7) is 4.49. The molecule has 5 nitrogen and oxygen atoms in total. The van der Waals surface area contributed by atoms with E-state index in [1.54, 1.807) is 19.9 Å². The van der Waals surface area contributed by atoms with Crippen molar-refractivity contribution in [2.45, 2.75) is 39.4 Å². The van der Waals surface area contributed by atoms with E-state index in [0.717, 1.165) is 6.92 Å². The van der Waals surface area contributed by atoms with Crippen molar-refractivity contribution < 1.29 is 27.5 Å². The predicted octanol–water partition coefficient (Wildman–Crippen LogP) is 3.55. The van der Waals surface area contributed by atoms with Crippen molar-refractivity contribution in [2.75, 3.05) is 11.9 Å². The second kappa shape index (κ2) is 9.23. The Hall–Kier alpha value is -1.80. The molecule has 0 aliphatic carbocycles.